The minimum atomic E-state index is 0.261. The largest absolute Gasteiger partial charge is 0.340 e. The van der Waals surface area contributed by atoms with Crippen LogP contribution in [0.1, 0.15) is 25.1 Å². The van der Waals surface area contributed by atoms with E-state index in [1.54, 1.807) is 12.7 Å². The third kappa shape index (κ3) is 1.47. The number of aromatic nitrogens is 6. The molecular formula is C10H13N7. The molecule has 17 heavy (non-hydrogen) atoms. The SMILES string of the molecule is CC(CCN)c1nnc2c3[nH]cnc3ncn12. The second-order valence-electron chi connectivity index (χ2n) is 4.08. The average molecular weight is 231 g/mol. The molecule has 3 aromatic rings. The Labute approximate surface area is 97.1 Å². The van der Waals surface area contributed by atoms with Gasteiger partial charge in [0.1, 0.15) is 17.7 Å². The number of fused-ring (bicyclic) bond motifs is 3. The highest BCUT2D eigenvalue weighted by atomic mass is 15.3. The van der Waals surface area contributed by atoms with Crippen molar-refractivity contribution in [3.8, 4) is 0 Å². The number of nitrogens with zero attached hydrogens (tertiary/aromatic N) is 5. The Morgan fingerprint density at radius 1 is 1.41 bits per heavy atom. The maximum absolute atomic E-state index is 5.56. The summed E-state index contributed by atoms with van der Waals surface area (Å²) in [5.41, 5.74) is 7.79. The number of nitrogens with one attached hydrogen (secondary N) is 1. The molecule has 0 saturated heterocycles. The van der Waals surface area contributed by atoms with E-state index >= 15 is 0 Å². The Kier molecular flexibility index (Phi) is 2.25. The third-order valence-electron chi connectivity index (χ3n) is 2.90. The van der Waals surface area contributed by atoms with Gasteiger partial charge in [-0.2, -0.15) is 0 Å². The van der Waals surface area contributed by atoms with E-state index in [9.17, 15) is 0 Å². The zero-order chi connectivity index (χ0) is 11.8. The average Bonchev–Trinajstić information content (AvgIpc) is 2.94. The Morgan fingerprint density at radius 3 is 3.12 bits per heavy atom. The van der Waals surface area contributed by atoms with Gasteiger partial charge in [0.15, 0.2) is 11.3 Å². The molecule has 0 bridgehead atoms. The lowest BCUT2D eigenvalue weighted by atomic mass is 10.1. The van der Waals surface area contributed by atoms with Gasteiger partial charge in [0, 0.05) is 5.92 Å². The number of H-pyrrole nitrogens is 1. The molecule has 3 N–H and O–H groups in total. The summed E-state index contributed by atoms with van der Waals surface area (Å²) < 4.78 is 1.89. The van der Waals surface area contributed by atoms with Crippen molar-refractivity contribution in [1.82, 2.24) is 29.5 Å². The van der Waals surface area contributed by atoms with Crippen LogP contribution in [-0.4, -0.2) is 36.1 Å². The number of hydrogen-bond acceptors (Lipinski definition) is 5. The Hall–Kier alpha value is -2.02. The first-order chi connectivity index (χ1) is 8.31. The van der Waals surface area contributed by atoms with Crippen LogP contribution in [0.25, 0.3) is 16.8 Å². The van der Waals surface area contributed by atoms with Crippen molar-refractivity contribution in [1.29, 1.82) is 0 Å². The molecule has 3 heterocycles. The van der Waals surface area contributed by atoms with Crippen LogP contribution in [0.4, 0.5) is 0 Å². The molecule has 3 rings (SSSR count). The van der Waals surface area contributed by atoms with Gasteiger partial charge >= 0.3 is 0 Å². The number of imidazole rings is 1. The van der Waals surface area contributed by atoms with Crippen molar-refractivity contribution in [3.05, 3.63) is 18.5 Å². The zero-order valence-corrected chi connectivity index (χ0v) is 9.46. The maximum atomic E-state index is 5.56. The Bertz CT molecular complexity index is 653. The second-order valence-corrected chi connectivity index (χ2v) is 4.08. The van der Waals surface area contributed by atoms with Crippen LogP contribution in [0.3, 0.4) is 0 Å². The lowest BCUT2D eigenvalue weighted by molar-refractivity contribution is 0.638. The van der Waals surface area contributed by atoms with Gasteiger partial charge in [-0.05, 0) is 13.0 Å². The molecular weight excluding hydrogens is 218 g/mol. The first kappa shape index (κ1) is 10.2. The van der Waals surface area contributed by atoms with Crippen molar-refractivity contribution < 1.29 is 0 Å². The monoisotopic (exact) mass is 231 g/mol. The third-order valence-corrected chi connectivity index (χ3v) is 2.90. The van der Waals surface area contributed by atoms with Crippen molar-refractivity contribution in [3.63, 3.8) is 0 Å². The highest BCUT2D eigenvalue weighted by Gasteiger charge is 2.15. The van der Waals surface area contributed by atoms with Crippen LogP contribution in [0, 0.1) is 0 Å². The summed E-state index contributed by atoms with van der Waals surface area (Å²) in [6.07, 6.45) is 4.19. The summed E-state index contributed by atoms with van der Waals surface area (Å²) in [5.74, 6) is 1.15. The molecule has 0 aliphatic heterocycles. The Balaban J connectivity index is 2.21. The predicted molar refractivity (Wildman–Crippen MR) is 62.5 cm³/mol. The summed E-state index contributed by atoms with van der Waals surface area (Å²) in [7, 11) is 0. The van der Waals surface area contributed by atoms with E-state index in [2.05, 4.69) is 32.1 Å². The molecule has 0 aromatic carbocycles. The standard InChI is InChI=1S/C10H13N7/c1-6(2-3-11)9-15-16-10-7-8(13-4-12-7)14-5-17(9)10/h4-6H,2-3,11H2,1H3,(H,12,13). The summed E-state index contributed by atoms with van der Waals surface area (Å²) in [6, 6.07) is 0. The first-order valence-corrected chi connectivity index (χ1v) is 5.54. The van der Waals surface area contributed by atoms with Crippen LogP contribution in [0.5, 0.6) is 0 Å². The molecule has 88 valence electrons. The van der Waals surface area contributed by atoms with Gasteiger partial charge in [-0.15, -0.1) is 10.2 Å². The van der Waals surface area contributed by atoms with E-state index < -0.39 is 0 Å². The quantitative estimate of drug-likeness (QED) is 0.682. The topological polar surface area (TPSA) is 97.8 Å². The van der Waals surface area contributed by atoms with Crippen molar-refractivity contribution in [2.45, 2.75) is 19.3 Å². The predicted octanol–water partition coefficient (Wildman–Crippen LogP) is 0.453. The van der Waals surface area contributed by atoms with Gasteiger partial charge < -0.3 is 10.7 Å². The smallest absolute Gasteiger partial charge is 0.189 e. The second kappa shape index (κ2) is 3.77. The lowest BCUT2D eigenvalue weighted by Crippen LogP contribution is -2.08. The zero-order valence-electron chi connectivity index (χ0n) is 9.46. The highest BCUT2D eigenvalue weighted by Crippen LogP contribution is 2.19. The number of nitrogens with two attached hydrogens (primary N) is 1. The lowest BCUT2D eigenvalue weighted by Gasteiger charge is -2.06. The van der Waals surface area contributed by atoms with E-state index in [4.69, 9.17) is 5.73 Å². The van der Waals surface area contributed by atoms with E-state index in [1.807, 2.05) is 4.40 Å². The van der Waals surface area contributed by atoms with Crippen LogP contribution in [0.2, 0.25) is 0 Å². The van der Waals surface area contributed by atoms with Gasteiger partial charge in [0.25, 0.3) is 0 Å². The summed E-state index contributed by atoms with van der Waals surface area (Å²) in [6.45, 7) is 2.72. The van der Waals surface area contributed by atoms with Crippen LogP contribution in [-0.2, 0) is 0 Å². The fourth-order valence-electron chi connectivity index (χ4n) is 1.96. The van der Waals surface area contributed by atoms with Gasteiger partial charge in [-0.25, -0.2) is 9.97 Å². The fourth-order valence-corrected chi connectivity index (χ4v) is 1.96. The minimum Gasteiger partial charge on any atom is -0.340 e. The van der Waals surface area contributed by atoms with Crippen LogP contribution < -0.4 is 5.73 Å². The summed E-state index contributed by atoms with van der Waals surface area (Å²) in [4.78, 5) is 11.4. The van der Waals surface area contributed by atoms with E-state index in [1.165, 1.54) is 0 Å². The molecule has 7 heteroatoms. The molecule has 0 fully saturated rings. The van der Waals surface area contributed by atoms with Crippen LogP contribution >= 0.6 is 0 Å². The van der Waals surface area contributed by atoms with Crippen molar-refractivity contribution in [2.24, 2.45) is 5.73 Å². The van der Waals surface area contributed by atoms with E-state index in [-0.39, 0.29) is 5.92 Å². The molecule has 1 unspecified atom stereocenters. The van der Waals surface area contributed by atoms with Gasteiger partial charge in [-0.1, -0.05) is 6.92 Å². The van der Waals surface area contributed by atoms with E-state index in [0.717, 1.165) is 23.4 Å². The summed E-state index contributed by atoms with van der Waals surface area (Å²) in [5, 5.41) is 8.40. The molecule has 0 amide bonds. The highest BCUT2D eigenvalue weighted by molar-refractivity contribution is 5.84. The number of hydrogen-bond donors (Lipinski definition) is 2. The number of aromatic amines is 1. The molecule has 7 nitrogen and oxygen atoms in total. The van der Waals surface area contributed by atoms with E-state index in [0.29, 0.717) is 12.2 Å². The molecule has 0 spiro atoms. The van der Waals surface area contributed by atoms with Gasteiger partial charge in [0.05, 0.1) is 6.33 Å². The molecule has 0 radical (unpaired) electrons. The molecule has 0 saturated carbocycles. The van der Waals surface area contributed by atoms with Crippen molar-refractivity contribution >= 4 is 16.8 Å². The molecule has 0 aliphatic carbocycles. The first-order valence-electron chi connectivity index (χ1n) is 5.54. The van der Waals surface area contributed by atoms with Crippen molar-refractivity contribution in [2.75, 3.05) is 6.54 Å². The molecule has 0 aliphatic rings. The molecule has 3 aromatic heterocycles. The number of rotatable bonds is 3. The maximum Gasteiger partial charge on any atom is 0.189 e. The normalized spacial score (nSPS) is 13.5. The fraction of sp³-hybridized carbons (Fsp3) is 0.400. The van der Waals surface area contributed by atoms with Gasteiger partial charge in [-0.3, -0.25) is 4.40 Å². The van der Waals surface area contributed by atoms with Gasteiger partial charge in [0.2, 0.25) is 0 Å². The molecule has 1 atom stereocenters. The van der Waals surface area contributed by atoms with Crippen LogP contribution in [0.15, 0.2) is 12.7 Å². The Morgan fingerprint density at radius 2 is 2.29 bits per heavy atom. The summed E-state index contributed by atoms with van der Waals surface area (Å²) >= 11 is 0. The minimum absolute atomic E-state index is 0.261.